The quantitative estimate of drug-likeness (QED) is 0.0489. The average Bonchev–Trinajstić information content (AvgIpc) is 2.89. The molecule has 0 aliphatic carbocycles. The summed E-state index contributed by atoms with van der Waals surface area (Å²) in [5, 5.41) is 40.8. The van der Waals surface area contributed by atoms with Crippen molar-refractivity contribution in [2.24, 2.45) is 0 Å². The Morgan fingerprint density at radius 3 is 1.05 bits per heavy atom. The van der Waals surface area contributed by atoms with Crippen LogP contribution in [0.2, 0.25) is 76.6 Å². The first-order valence-electron chi connectivity index (χ1n) is 17.6. The monoisotopic (exact) mass is 682 g/mol. The summed E-state index contributed by atoms with van der Waals surface area (Å²) in [4.78, 5) is 0. The van der Waals surface area contributed by atoms with Gasteiger partial charge in [0.1, 0.15) is 12.2 Å². The molecule has 0 rings (SSSR count). The van der Waals surface area contributed by atoms with Crippen molar-refractivity contribution >= 4 is 33.3 Å². The van der Waals surface area contributed by atoms with Gasteiger partial charge in [0, 0.05) is 0 Å². The lowest BCUT2D eigenvalue weighted by Crippen LogP contribution is -2.45. The molecule has 0 aliphatic heterocycles. The summed E-state index contributed by atoms with van der Waals surface area (Å²) in [5.74, 6) is 0. The highest BCUT2D eigenvalue weighted by Crippen LogP contribution is 2.29. The highest BCUT2D eigenvalue weighted by atomic mass is 28.4. The van der Waals surface area contributed by atoms with E-state index in [9.17, 15) is 20.4 Å². The maximum absolute atomic E-state index is 10.6. The SMILES string of the molecule is CCCCCC[Si](C)(C)O[Si](C)(C)CCCC(OC(CCC[Si](C)(C)O[Si](C)(C)CCCCCC)C(O)CO)C(O)CO. The lowest BCUT2D eigenvalue weighted by Gasteiger charge is -2.35. The second kappa shape index (κ2) is 22.2. The molecule has 0 amide bonds. The Kier molecular flexibility index (Phi) is 22.5. The van der Waals surface area contributed by atoms with E-state index in [4.69, 9.17) is 13.0 Å². The van der Waals surface area contributed by atoms with Gasteiger partial charge < -0.3 is 33.4 Å². The Bertz CT molecular complexity index is 639. The molecule has 0 aromatic rings. The summed E-state index contributed by atoms with van der Waals surface area (Å²) in [6.07, 6.45) is 9.67. The van der Waals surface area contributed by atoms with Crippen LogP contribution in [0.25, 0.3) is 0 Å². The van der Waals surface area contributed by atoms with Crippen molar-refractivity contribution in [1.29, 1.82) is 0 Å². The van der Waals surface area contributed by atoms with E-state index in [1.807, 2.05) is 0 Å². The predicted molar refractivity (Wildman–Crippen MR) is 193 cm³/mol. The highest BCUT2D eigenvalue weighted by molar-refractivity contribution is 6.85. The molecular formula is C32H74O7Si4. The third-order valence-electron chi connectivity index (χ3n) is 8.49. The van der Waals surface area contributed by atoms with Gasteiger partial charge in [0.05, 0.1) is 25.4 Å². The third-order valence-corrected chi connectivity index (χ3v) is 23.6. The van der Waals surface area contributed by atoms with E-state index in [1.165, 1.54) is 63.5 Å². The molecule has 0 aromatic heterocycles. The highest BCUT2D eigenvalue weighted by Gasteiger charge is 2.35. The number of hydrogen-bond acceptors (Lipinski definition) is 7. The molecule has 0 radical (unpaired) electrons. The van der Waals surface area contributed by atoms with Crippen molar-refractivity contribution in [3.05, 3.63) is 0 Å². The van der Waals surface area contributed by atoms with Crippen molar-refractivity contribution in [3.63, 3.8) is 0 Å². The van der Waals surface area contributed by atoms with Crippen LogP contribution in [-0.4, -0.2) is 91.3 Å². The molecule has 0 aliphatic rings. The molecule has 4 unspecified atom stereocenters. The van der Waals surface area contributed by atoms with Gasteiger partial charge in [0.15, 0.2) is 33.3 Å². The van der Waals surface area contributed by atoms with Crippen molar-refractivity contribution < 1.29 is 33.4 Å². The summed E-state index contributed by atoms with van der Waals surface area (Å²) >= 11 is 0. The lowest BCUT2D eigenvalue weighted by atomic mass is 10.1. The van der Waals surface area contributed by atoms with Gasteiger partial charge in [-0.25, -0.2) is 0 Å². The molecule has 7 nitrogen and oxygen atoms in total. The van der Waals surface area contributed by atoms with E-state index in [-0.39, 0.29) is 0 Å². The van der Waals surface area contributed by atoms with Gasteiger partial charge in [-0.2, -0.15) is 0 Å². The van der Waals surface area contributed by atoms with Crippen LogP contribution in [0.5, 0.6) is 0 Å². The molecule has 43 heavy (non-hydrogen) atoms. The normalized spacial score (nSPS) is 16.3. The molecule has 0 saturated heterocycles. The van der Waals surface area contributed by atoms with E-state index in [2.05, 4.69) is 66.2 Å². The minimum Gasteiger partial charge on any atom is -0.455 e. The fourth-order valence-corrected chi connectivity index (χ4v) is 24.2. The Morgan fingerprint density at radius 2 is 0.767 bits per heavy atom. The largest absolute Gasteiger partial charge is 0.455 e. The molecule has 0 fully saturated rings. The minimum atomic E-state index is -1.90. The first-order chi connectivity index (χ1) is 19.9. The third kappa shape index (κ3) is 21.9. The fraction of sp³-hybridized carbons (Fsp3) is 1.00. The molecule has 0 spiro atoms. The molecule has 0 bridgehead atoms. The zero-order valence-electron chi connectivity index (χ0n) is 30.1. The van der Waals surface area contributed by atoms with Crippen LogP contribution >= 0.6 is 0 Å². The minimum absolute atomic E-state index is 0.395. The topological polar surface area (TPSA) is 109 Å². The standard InChI is InChI=1S/C32H74O7Si4/c1-11-13-15-17-23-40(3,4)38-42(7,8)25-19-21-31(29(35)27-33)37-32(30(36)28-34)22-20-26-43(9,10)39-41(5,6)24-18-16-14-12-2/h29-36H,11-28H2,1-10H3. The van der Waals surface area contributed by atoms with Crippen LogP contribution in [0.3, 0.4) is 0 Å². The van der Waals surface area contributed by atoms with E-state index >= 15 is 0 Å². The van der Waals surface area contributed by atoms with Crippen molar-refractivity contribution in [1.82, 2.24) is 0 Å². The van der Waals surface area contributed by atoms with Crippen molar-refractivity contribution in [2.45, 2.75) is 192 Å². The molecular weight excluding hydrogens is 609 g/mol. The molecule has 0 saturated carbocycles. The summed E-state index contributed by atoms with van der Waals surface area (Å²) < 4.78 is 19.9. The molecule has 4 N–H and O–H groups in total. The fourth-order valence-electron chi connectivity index (χ4n) is 6.27. The first kappa shape index (κ1) is 43.6. The van der Waals surface area contributed by atoms with Crippen LogP contribution in [0.15, 0.2) is 0 Å². The van der Waals surface area contributed by atoms with Gasteiger partial charge in [0.25, 0.3) is 0 Å². The van der Waals surface area contributed by atoms with E-state index < -0.39 is 70.9 Å². The number of rotatable bonds is 28. The Balaban J connectivity index is 5.07. The molecule has 260 valence electrons. The average molecular weight is 683 g/mol. The van der Waals surface area contributed by atoms with Crippen LogP contribution in [-0.2, 0) is 13.0 Å². The molecule has 0 aromatic carbocycles. The van der Waals surface area contributed by atoms with Crippen molar-refractivity contribution in [2.75, 3.05) is 13.2 Å². The van der Waals surface area contributed by atoms with Crippen LogP contribution in [0.4, 0.5) is 0 Å². The maximum atomic E-state index is 10.6. The Hall–Kier alpha value is 0.588. The molecule has 4 atom stereocenters. The summed E-state index contributed by atoms with van der Waals surface area (Å²) in [6.45, 7) is 22.2. The number of ether oxygens (including phenoxy) is 1. The number of unbranched alkanes of at least 4 members (excludes halogenated alkanes) is 6. The lowest BCUT2D eigenvalue weighted by molar-refractivity contribution is -0.136. The zero-order valence-corrected chi connectivity index (χ0v) is 34.1. The Labute approximate surface area is 271 Å². The summed E-state index contributed by atoms with van der Waals surface area (Å²) in [5.41, 5.74) is 0. The number of hydrogen-bond donors (Lipinski definition) is 4. The van der Waals surface area contributed by atoms with Gasteiger partial charge in [-0.1, -0.05) is 78.1 Å². The van der Waals surface area contributed by atoms with E-state index in [1.54, 1.807) is 0 Å². The van der Waals surface area contributed by atoms with Gasteiger partial charge in [-0.15, -0.1) is 0 Å². The van der Waals surface area contributed by atoms with E-state index in [0.717, 1.165) is 24.9 Å². The second-order valence-electron chi connectivity index (χ2n) is 15.4. The van der Waals surface area contributed by atoms with Crippen molar-refractivity contribution in [3.8, 4) is 0 Å². The van der Waals surface area contributed by atoms with Crippen LogP contribution in [0, 0.1) is 0 Å². The van der Waals surface area contributed by atoms with Gasteiger partial charge in [-0.3, -0.25) is 0 Å². The van der Waals surface area contributed by atoms with Gasteiger partial charge >= 0.3 is 0 Å². The maximum Gasteiger partial charge on any atom is 0.173 e. The zero-order chi connectivity index (χ0) is 33.2. The summed E-state index contributed by atoms with van der Waals surface area (Å²) in [6, 6.07) is 4.31. The molecule has 11 heteroatoms. The number of aliphatic hydroxyl groups is 4. The smallest absolute Gasteiger partial charge is 0.173 e. The second-order valence-corrected chi connectivity index (χ2v) is 33.1. The first-order valence-corrected chi connectivity index (χ1v) is 30.0. The number of aliphatic hydroxyl groups excluding tert-OH is 4. The van der Waals surface area contributed by atoms with Gasteiger partial charge in [0.2, 0.25) is 0 Å². The summed E-state index contributed by atoms with van der Waals surface area (Å²) in [7, 11) is -7.23. The van der Waals surface area contributed by atoms with E-state index in [0.29, 0.717) is 12.8 Å². The van der Waals surface area contributed by atoms with Crippen LogP contribution in [0.1, 0.15) is 90.9 Å². The van der Waals surface area contributed by atoms with Crippen LogP contribution < -0.4 is 0 Å². The molecule has 0 heterocycles. The predicted octanol–water partition coefficient (Wildman–Crippen LogP) is 8.02. The van der Waals surface area contributed by atoms with Gasteiger partial charge in [-0.05, 0) is 89.4 Å². The Morgan fingerprint density at radius 1 is 0.465 bits per heavy atom.